The van der Waals surface area contributed by atoms with Crippen LogP contribution < -0.4 is 0 Å². The third-order valence-electron chi connectivity index (χ3n) is 6.05. The van der Waals surface area contributed by atoms with Gasteiger partial charge in [0.05, 0.1) is 5.02 Å². The lowest BCUT2D eigenvalue weighted by molar-refractivity contribution is 0.0936. The molecule has 3 aromatic carbocycles. The van der Waals surface area contributed by atoms with Crippen molar-refractivity contribution in [1.29, 1.82) is 0 Å². The van der Waals surface area contributed by atoms with Crippen molar-refractivity contribution in [3.8, 4) is 11.5 Å². The topological polar surface area (TPSA) is 57.5 Å². The summed E-state index contributed by atoms with van der Waals surface area (Å²) in [6.07, 6.45) is 6.11. The van der Waals surface area contributed by atoms with Gasteiger partial charge in [-0.05, 0) is 59.5 Å². The first kappa shape index (κ1) is 18.9. The molecule has 2 aliphatic carbocycles. The summed E-state index contributed by atoms with van der Waals surface area (Å²) in [7, 11) is 0. The molecule has 0 aliphatic heterocycles. The normalized spacial score (nSPS) is 17.9. The van der Waals surface area contributed by atoms with Crippen LogP contribution in [0.25, 0.3) is 16.3 Å². The van der Waals surface area contributed by atoms with Crippen LogP contribution in [0.4, 0.5) is 4.39 Å². The molecule has 3 aromatic rings. The number of hydrogen-bond acceptors (Lipinski definition) is 3. The molecule has 0 aromatic heterocycles. The largest absolute Gasteiger partial charge is 0.504 e. The Morgan fingerprint density at radius 2 is 1.90 bits per heavy atom. The minimum atomic E-state index is -0.493. The molecular weight excluding hydrogens is 403 g/mol. The van der Waals surface area contributed by atoms with E-state index in [0.29, 0.717) is 22.8 Å². The Labute approximate surface area is 177 Å². The van der Waals surface area contributed by atoms with Crippen LogP contribution in [-0.2, 0) is 6.42 Å². The number of halogens is 2. The minimum absolute atomic E-state index is 0.0296. The SMILES string of the molecule is O=C1c2c(ccc3ccc(O)c(O)c23)C2=C(CCC=C2)C1Cc1ccc(F)c(Cl)c1. The Bertz CT molecular complexity index is 1290. The summed E-state index contributed by atoms with van der Waals surface area (Å²) in [6.45, 7) is 0. The number of carbonyl (C=O) groups excluding carboxylic acids is 1. The quantitative estimate of drug-likeness (QED) is 0.485. The molecule has 0 amide bonds. The van der Waals surface area contributed by atoms with E-state index in [4.69, 9.17) is 11.6 Å². The van der Waals surface area contributed by atoms with Crippen molar-refractivity contribution in [2.45, 2.75) is 19.3 Å². The van der Waals surface area contributed by atoms with Gasteiger partial charge >= 0.3 is 0 Å². The van der Waals surface area contributed by atoms with E-state index < -0.39 is 11.7 Å². The lowest BCUT2D eigenvalue weighted by Gasteiger charge is -2.31. The maximum absolute atomic E-state index is 13.7. The number of carbonyl (C=O) groups is 1. The fourth-order valence-corrected chi connectivity index (χ4v) is 4.83. The molecular formula is C25H18ClFO3. The van der Waals surface area contributed by atoms with Crippen molar-refractivity contribution in [3.63, 3.8) is 0 Å². The fourth-order valence-electron chi connectivity index (χ4n) is 4.63. The van der Waals surface area contributed by atoms with E-state index in [2.05, 4.69) is 6.08 Å². The lowest BCUT2D eigenvalue weighted by Crippen LogP contribution is -2.27. The van der Waals surface area contributed by atoms with Crippen LogP contribution in [0, 0.1) is 11.7 Å². The second kappa shape index (κ2) is 6.99. The predicted molar refractivity (Wildman–Crippen MR) is 116 cm³/mol. The van der Waals surface area contributed by atoms with Crippen molar-refractivity contribution in [1.82, 2.24) is 0 Å². The van der Waals surface area contributed by atoms with Gasteiger partial charge < -0.3 is 10.2 Å². The maximum atomic E-state index is 13.7. The van der Waals surface area contributed by atoms with Gasteiger partial charge in [-0.3, -0.25) is 4.79 Å². The highest BCUT2D eigenvalue weighted by atomic mass is 35.5. The number of phenols is 2. The van der Waals surface area contributed by atoms with E-state index in [1.807, 2.05) is 18.2 Å². The van der Waals surface area contributed by atoms with E-state index in [-0.39, 0.29) is 22.3 Å². The van der Waals surface area contributed by atoms with Gasteiger partial charge in [-0.1, -0.05) is 53.6 Å². The Morgan fingerprint density at radius 1 is 1.10 bits per heavy atom. The average molecular weight is 421 g/mol. The molecule has 1 unspecified atom stereocenters. The molecule has 0 spiro atoms. The smallest absolute Gasteiger partial charge is 0.171 e. The molecule has 0 bridgehead atoms. The van der Waals surface area contributed by atoms with Gasteiger partial charge in [0.2, 0.25) is 0 Å². The molecule has 0 heterocycles. The van der Waals surface area contributed by atoms with E-state index >= 15 is 0 Å². The Kier molecular flexibility index (Phi) is 4.40. The first-order valence-electron chi connectivity index (χ1n) is 9.81. The number of aromatic hydroxyl groups is 2. The standard InChI is InChI=1S/C25H18ClFO3/c26-19-12-13(5-9-20(19)27)11-18-16-4-2-1-3-15(16)17-8-6-14-7-10-21(28)25(30)22(14)23(17)24(18)29/h1,3,5-10,12,18,28,30H,2,4,11H2. The highest BCUT2D eigenvalue weighted by Gasteiger charge is 2.36. The third kappa shape index (κ3) is 2.83. The van der Waals surface area contributed by atoms with Crippen LogP contribution in [0.5, 0.6) is 11.5 Å². The summed E-state index contributed by atoms with van der Waals surface area (Å²) in [4.78, 5) is 13.7. The summed E-state index contributed by atoms with van der Waals surface area (Å²) < 4.78 is 13.6. The van der Waals surface area contributed by atoms with Crippen LogP contribution in [0.2, 0.25) is 5.02 Å². The zero-order chi connectivity index (χ0) is 21.0. The van der Waals surface area contributed by atoms with E-state index in [1.165, 1.54) is 12.1 Å². The molecule has 150 valence electrons. The van der Waals surface area contributed by atoms with Gasteiger partial charge in [-0.2, -0.15) is 0 Å². The average Bonchev–Trinajstić information content (AvgIpc) is 2.75. The molecule has 30 heavy (non-hydrogen) atoms. The predicted octanol–water partition coefficient (Wildman–Crippen LogP) is 6.20. The summed E-state index contributed by atoms with van der Waals surface area (Å²) in [5, 5.41) is 21.7. The van der Waals surface area contributed by atoms with Crippen molar-refractivity contribution in [3.05, 3.63) is 87.7 Å². The van der Waals surface area contributed by atoms with Gasteiger partial charge in [-0.15, -0.1) is 0 Å². The number of hydrogen-bond donors (Lipinski definition) is 2. The van der Waals surface area contributed by atoms with Gasteiger partial charge in [0.15, 0.2) is 17.3 Å². The number of phenolic OH excluding ortho intramolecular Hbond substituents is 2. The van der Waals surface area contributed by atoms with Crippen molar-refractivity contribution in [2.75, 3.05) is 0 Å². The lowest BCUT2D eigenvalue weighted by atomic mass is 9.71. The second-order valence-electron chi connectivity index (χ2n) is 7.77. The fraction of sp³-hybridized carbons (Fsp3) is 0.160. The number of fused-ring (bicyclic) bond motifs is 4. The van der Waals surface area contributed by atoms with Gasteiger partial charge in [0.1, 0.15) is 5.82 Å². The van der Waals surface area contributed by atoms with E-state index in [9.17, 15) is 19.4 Å². The first-order chi connectivity index (χ1) is 14.5. The van der Waals surface area contributed by atoms with E-state index in [1.54, 1.807) is 18.2 Å². The third-order valence-corrected chi connectivity index (χ3v) is 6.34. The number of benzene rings is 3. The molecule has 3 nitrogen and oxygen atoms in total. The molecule has 0 fully saturated rings. The van der Waals surface area contributed by atoms with Crippen LogP contribution in [0.3, 0.4) is 0 Å². The zero-order valence-electron chi connectivity index (χ0n) is 16.0. The number of rotatable bonds is 2. The number of Topliss-reactive ketones (excluding diaryl/α,β-unsaturated/α-hetero) is 1. The summed E-state index contributed by atoms with van der Waals surface area (Å²) in [6, 6.07) is 11.4. The minimum Gasteiger partial charge on any atom is -0.504 e. The van der Waals surface area contributed by atoms with Gasteiger partial charge in [-0.25, -0.2) is 4.39 Å². The Hall–Kier alpha value is -3.11. The summed E-state index contributed by atoms with van der Waals surface area (Å²) >= 11 is 5.96. The Balaban J connectivity index is 1.73. The van der Waals surface area contributed by atoms with Gasteiger partial charge in [0.25, 0.3) is 0 Å². The molecule has 0 saturated heterocycles. The summed E-state index contributed by atoms with van der Waals surface area (Å²) in [5.74, 6) is -1.58. The molecule has 5 rings (SSSR count). The van der Waals surface area contributed by atoms with E-state index in [0.717, 1.165) is 35.1 Å². The zero-order valence-corrected chi connectivity index (χ0v) is 16.7. The highest BCUT2D eigenvalue weighted by Crippen LogP contribution is 2.46. The Morgan fingerprint density at radius 3 is 2.70 bits per heavy atom. The van der Waals surface area contributed by atoms with Crippen LogP contribution in [0.1, 0.15) is 34.3 Å². The first-order valence-corrected chi connectivity index (χ1v) is 10.2. The van der Waals surface area contributed by atoms with Crippen molar-refractivity contribution in [2.24, 2.45) is 5.92 Å². The highest BCUT2D eigenvalue weighted by molar-refractivity contribution is 6.30. The molecule has 2 N–H and O–H groups in total. The molecule has 0 radical (unpaired) electrons. The van der Waals surface area contributed by atoms with Crippen molar-refractivity contribution >= 4 is 33.7 Å². The maximum Gasteiger partial charge on any atom is 0.171 e. The molecule has 5 heteroatoms. The molecule has 1 atom stereocenters. The van der Waals surface area contributed by atoms with Crippen LogP contribution in [0.15, 0.2) is 60.2 Å². The van der Waals surface area contributed by atoms with Crippen LogP contribution >= 0.6 is 11.6 Å². The monoisotopic (exact) mass is 420 g/mol. The second-order valence-corrected chi connectivity index (χ2v) is 8.18. The molecule has 0 saturated carbocycles. The summed E-state index contributed by atoms with van der Waals surface area (Å²) in [5.41, 5.74) is 4.00. The molecule has 2 aliphatic rings. The van der Waals surface area contributed by atoms with Gasteiger partial charge in [0, 0.05) is 16.9 Å². The van der Waals surface area contributed by atoms with Crippen molar-refractivity contribution < 1.29 is 19.4 Å². The number of ketones is 1. The van der Waals surface area contributed by atoms with Crippen LogP contribution in [-0.4, -0.2) is 16.0 Å². The number of allylic oxidation sites excluding steroid dienone is 4.